The Hall–Kier alpha value is -3.78. The van der Waals surface area contributed by atoms with E-state index in [0.29, 0.717) is 35.7 Å². The molecule has 0 aliphatic carbocycles. The molecule has 0 unspecified atom stereocenters. The van der Waals surface area contributed by atoms with E-state index in [-0.39, 0.29) is 11.3 Å². The van der Waals surface area contributed by atoms with E-state index in [0.717, 1.165) is 10.9 Å². The third kappa shape index (κ3) is 3.93. The maximum absolute atomic E-state index is 13.3. The topological polar surface area (TPSA) is 95.1 Å². The van der Waals surface area contributed by atoms with E-state index in [9.17, 15) is 14.7 Å². The van der Waals surface area contributed by atoms with Gasteiger partial charge in [0, 0.05) is 41.3 Å². The molecule has 0 spiro atoms. The Morgan fingerprint density at radius 1 is 1.12 bits per heavy atom. The van der Waals surface area contributed by atoms with Crippen molar-refractivity contribution in [2.24, 2.45) is 0 Å². The van der Waals surface area contributed by atoms with Crippen molar-refractivity contribution in [3.05, 3.63) is 65.4 Å². The number of H-pyrrole nitrogens is 1. The van der Waals surface area contributed by atoms with Crippen molar-refractivity contribution < 1.29 is 24.2 Å². The minimum atomic E-state index is -0.830. The number of benzene rings is 2. The van der Waals surface area contributed by atoms with Crippen LogP contribution in [0.5, 0.6) is 11.5 Å². The molecule has 1 fully saturated rings. The van der Waals surface area contributed by atoms with Crippen LogP contribution in [0, 0.1) is 0 Å². The highest BCUT2D eigenvalue weighted by Gasteiger charge is 2.47. The van der Waals surface area contributed by atoms with Gasteiger partial charge < -0.3 is 29.4 Å². The van der Waals surface area contributed by atoms with Gasteiger partial charge in [-0.3, -0.25) is 9.59 Å². The summed E-state index contributed by atoms with van der Waals surface area (Å²) in [6.45, 7) is 0.843. The van der Waals surface area contributed by atoms with Gasteiger partial charge in [-0.25, -0.2) is 0 Å². The van der Waals surface area contributed by atoms with E-state index in [1.807, 2.05) is 43.3 Å². The van der Waals surface area contributed by atoms with Gasteiger partial charge in [-0.15, -0.1) is 0 Å². The lowest BCUT2D eigenvalue weighted by Gasteiger charge is -2.27. The Morgan fingerprint density at radius 2 is 1.88 bits per heavy atom. The van der Waals surface area contributed by atoms with Gasteiger partial charge in [-0.1, -0.05) is 18.2 Å². The number of ether oxygens (including phenoxy) is 2. The summed E-state index contributed by atoms with van der Waals surface area (Å²) in [7, 11) is 6.85. The summed E-state index contributed by atoms with van der Waals surface area (Å²) < 4.78 is 11.0. The monoisotopic (exact) mass is 449 g/mol. The molecule has 2 heterocycles. The second-order valence-corrected chi connectivity index (χ2v) is 8.15. The molecule has 3 aromatic rings. The van der Waals surface area contributed by atoms with E-state index in [1.165, 1.54) is 12.0 Å². The number of methoxy groups -OCH3 is 2. The van der Waals surface area contributed by atoms with Crippen molar-refractivity contribution in [2.45, 2.75) is 6.04 Å². The number of likely N-dealkylation sites (N-methyl/N-ethyl adjacent to an activating group) is 1. The number of fused-ring (bicyclic) bond motifs is 1. The summed E-state index contributed by atoms with van der Waals surface area (Å²) in [4.78, 5) is 32.9. The van der Waals surface area contributed by atoms with Crippen molar-refractivity contribution >= 4 is 28.4 Å². The largest absolute Gasteiger partial charge is 0.507 e. The van der Waals surface area contributed by atoms with Crippen molar-refractivity contribution in [1.29, 1.82) is 0 Å². The predicted octanol–water partition coefficient (Wildman–Crippen LogP) is 3.17. The maximum atomic E-state index is 13.3. The van der Waals surface area contributed by atoms with Gasteiger partial charge in [-0.05, 0) is 38.4 Å². The normalized spacial score (nSPS) is 17.8. The van der Waals surface area contributed by atoms with Crippen molar-refractivity contribution in [1.82, 2.24) is 14.8 Å². The number of Topliss-reactive ketones (excluding diaryl/α,β-unsaturated/α-hetero) is 1. The van der Waals surface area contributed by atoms with Gasteiger partial charge in [0.05, 0.1) is 25.8 Å². The maximum Gasteiger partial charge on any atom is 0.295 e. The fraction of sp³-hybridized carbons (Fsp3) is 0.280. The summed E-state index contributed by atoms with van der Waals surface area (Å²) in [5, 5.41) is 12.1. The predicted molar refractivity (Wildman–Crippen MR) is 125 cm³/mol. The molecule has 1 aliphatic rings. The minimum Gasteiger partial charge on any atom is -0.507 e. The van der Waals surface area contributed by atoms with Gasteiger partial charge in [0.1, 0.15) is 17.3 Å². The SMILES string of the molecule is COc1ccc(OC)c([C@H]2/C(=C(\O)c3c[nH]c4ccccc34)C(=O)C(=O)N2CCN(C)C)c1. The number of para-hydroxylation sites is 1. The number of carbonyl (C=O) groups excluding carboxylic acids is 2. The number of hydrogen-bond acceptors (Lipinski definition) is 6. The molecule has 0 radical (unpaired) electrons. The van der Waals surface area contributed by atoms with Crippen molar-refractivity contribution in [3.8, 4) is 11.5 Å². The fourth-order valence-corrected chi connectivity index (χ4v) is 4.21. The van der Waals surface area contributed by atoms with Gasteiger partial charge in [0.2, 0.25) is 0 Å². The number of likely N-dealkylation sites (tertiary alicyclic amines) is 1. The van der Waals surface area contributed by atoms with Crippen LogP contribution >= 0.6 is 0 Å². The second kappa shape index (κ2) is 8.99. The summed E-state index contributed by atoms with van der Waals surface area (Å²) >= 11 is 0. The Kier molecular flexibility index (Phi) is 6.11. The Morgan fingerprint density at radius 3 is 2.58 bits per heavy atom. The molecule has 1 amide bonds. The van der Waals surface area contributed by atoms with Crippen LogP contribution in [-0.2, 0) is 9.59 Å². The van der Waals surface area contributed by atoms with Crippen LogP contribution in [0.3, 0.4) is 0 Å². The minimum absolute atomic E-state index is 0.0232. The van der Waals surface area contributed by atoms with Crippen LogP contribution in [-0.4, -0.2) is 73.0 Å². The van der Waals surface area contributed by atoms with E-state index < -0.39 is 17.7 Å². The van der Waals surface area contributed by atoms with Crippen LogP contribution in [0.25, 0.3) is 16.7 Å². The third-order valence-corrected chi connectivity index (χ3v) is 5.90. The van der Waals surface area contributed by atoms with E-state index in [2.05, 4.69) is 4.98 Å². The highest BCUT2D eigenvalue weighted by molar-refractivity contribution is 6.46. The molecule has 0 bridgehead atoms. The summed E-state index contributed by atoms with van der Waals surface area (Å²) in [5.74, 6) is -0.578. The third-order valence-electron chi connectivity index (χ3n) is 5.90. The zero-order valence-electron chi connectivity index (χ0n) is 19.1. The first-order valence-corrected chi connectivity index (χ1v) is 10.6. The van der Waals surface area contributed by atoms with Crippen LogP contribution in [0.2, 0.25) is 0 Å². The standard InChI is InChI=1S/C25H27N3O5/c1-27(2)11-12-28-22(17-13-15(32-3)9-10-20(17)33-4)21(24(30)25(28)31)23(29)18-14-26-19-8-6-5-7-16(18)19/h5-10,13-14,22,26,29H,11-12H2,1-4H3/b23-21+/t22-/m0/s1. The number of amides is 1. The van der Waals surface area contributed by atoms with Crippen molar-refractivity contribution in [2.75, 3.05) is 41.4 Å². The molecule has 1 aliphatic heterocycles. The van der Waals surface area contributed by atoms with Crippen LogP contribution in [0.4, 0.5) is 0 Å². The Labute approximate surface area is 192 Å². The molecule has 8 heteroatoms. The number of rotatable bonds is 7. The number of aliphatic hydroxyl groups excluding tert-OH is 1. The molecule has 1 saturated heterocycles. The highest BCUT2D eigenvalue weighted by Crippen LogP contribution is 2.44. The van der Waals surface area contributed by atoms with Crippen LogP contribution < -0.4 is 9.47 Å². The number of aromatic nitrogens is 1. The smallest absolute Gasteiger partial charge is 0.295 e. The fourth-order valence-electron chi connectivity index (χ4n) is 4.21. The van der Waals surface area contributed by atoms with Gasteiger partial charge >= 0.3 is 0 Å². The first-order valence-electron chi connectivity index (χ1n) is 10.6. The number of ketones is 1. The lowest BCUT2D eigenvalue weighted by atomic mass is 9.94. The van der Waals surface area contributed by atoms with Crippen molar-refractivity contribution in [3.63, 3.8) is 0 Å². The number of nitrogens with one attached hydrogen (secondary N) is 1. The molecule has 4 rings (SSSR count). The van der Waals surface area contributed by atoms with Gasteiger partial charge in [0.25, 0.3) is 11.7 Å². The molecular weight excluding hydrogens is 422 g/mol. The summed E-state index contributed by atoms with van der Waals surface area (Å²) in [6.07, 6.45) is 1.65. The van der Waals surface area contributed by atoms with Crippen LogP contribution in [0.15, 0.2) is 54.2 Å². The molecule has 0 saturated carbocycles. The second-order valence-electron chi connectivity index (χ2n) is 8.15. The molecule has 8 nitrogen and oxygen atoms in total. The first kappa shape index (κ1) is 22.4. The number of aromatic amines is 1. The van der Waals surface area contributed by atoms with E-state index in [4.69, 9.17) is 9.47 Å². The number of aliphatic hydroxyl groups is 1. The molecule has 172 valence electrons. The summed E-state index contributed by atoms with van der Waals surface area (Å²) in [6, 6.07) is 11.8. The lowest BCUT2D eigenvalue weighted by Crippen LogP contribution is -2.35. The van der Waals surface area contributed by atoms with Crippen LogP contribution in [0.1, 0.15) is 17.2 Å². The average molecular weight is 450 g/mol. The lowest BCUT2D eigenvalue weighted by molar-refractivity contribution is -0.140. The Bertz CT molecular complexity index is 1240. The quantitative estimate of drug-likeness (QED) is 0.327. The summed E-state index contributed by atoms with van der Waals surface area (Å²) in [5.41, 5.74) is 1.87. The zero-order valence-corrected chi connectivity index (χ0v) is 19.1. The molecule has 33 heavy (non-hydrogen) atoms. The molecule has 2 aromatic carbocycles. The number of carbonyl (C=O) groups is 2. The molecule has 2 N–H and O–H groups in total. The number of nitrogens with zero attached hydrogens (tertiary/aromatic N) is 2. The molecule has 1 aromatic heterocycles. The van der Waals surface area contributed by atoms with Gasteiger partial charge in [0.15, 0.2) is 0 Å². The first-order chi connectivity index (χ1) is 15.9. The van der Waals surface area contributed by atoms with E-state index >= 15 is 0 Å². The molecular formula is C25H27N3O5. The molecule has 1 atom stereocenters. The van der Waals surface area contributed by atoms with E-state index in [1.54, 1.807) is 31.5 Å². The highest BCUT2D eigenvalue weighted by atomic mass is 16.5. The number of hydrogen-bond donors (Lipinski definition) is 2. The average Bonchev–Trinajstić information content (AvgIpc) is 3.36. The van der Waals surface area contributed by atoms with Gasteiger partial charge in [-0.2, -0.15) is 0 Å². The Balaban J connectivity index is 1.95. The zero-order chi connectivity index (χ0) is 23.7.